The van der Waals surface area contributed by atoms with E-state index in [2.05, 4.69) is 33.4 Å². The van der Waals surface area contributed by atoms with E-state index in [1.165, 1.54) is 31.3 Å². The van der Waals surface area contributed by atoms with E-state index >= 15 is 0 Å². The fourth-order valence-electron chi connectivity index (χ4n) is 5.28. The van der Waals surface area contributed by atoms with Crippen molar-refractivity contribution >= 4 is 5.97 Å². The maximum atomic E-state index is 11.6. The van der Waals surface area contributed by atoms with Crippen molar-refractivity contribution in [2.45, 2.75) is 52.9 Å². The Balaban J connectivity index is 1.89. The van der Waals surface area contributed by atoms with Gasteiger partial charge in [-0.25, -0.2) is 4.79 Å². The fraction of sp³-hybridized carbons (Fsp3) is 0.650. The molecule has 0 aromatic carbocycles. The highest BCUT2D eigenvalue weighted by atomic mass is 16.5. The predicted molar refractivity (Wildman–Crippen MR) is 89.3 cm³/mol. The molecule has 0 bridgehead atoms. The highest BCUT2D eigenvalue weighted by Gasteiger charge is 2.52. The van der Waals surface area contributed by atoms with E-state index in [0.29, 0.717) is 23.5 Å². The van der Waals surface area contributed by atoms with E-state index in [1.54, 1.807) is 0 Å². The van der Waals surface area contributed by atoms with E-state index < -0.39 is 0 Å². The number of carbonyl (C=O) groups excluding carboxylic acids is 1. The number of cyclic esters (lactones) is 1. The van der Waals surface area contributed by atoms with Gasteiger partial charge in [-0.05, 0) is 48.5 Å². The molecule has 0 spiro atoms. The Morgan fingerprint density at radius 3 is 2.77 bits per heavy atom. The lowest BCUT2D eigenvalue weighted by molar-refractivity contribution is -0.135. The zero-order valence-electron chi connectivity index (χ0n) is 14.2. The van der Waals surface area contributed by atoms with Gasteiger partial charge in [-0.15, -0.1) is 0 Å². The molecule has 2 saturated carbocycles. The summed E-state index contributed by atoms with van der Waals surface area (Å²) in [5.41, 5.74) is 2.72. The largest absolute Gasteiger partial charge is 0.458 e. The molecule has 3 unspecified atom stereocenters. The van der Waals surface area contributed by atoms with Crippen molar-refractivity contribution in [2.24, 2.45) is 22.7 Å². The fourth-order valence-corrected chi connectivity index (χ4v) is 5.28. The summed E-state index contributed by atoms with van der Waals surface area (Å²) in [6.45, 7) is 12.1. The SMILES string of the molecule is C=C1CCC2C(C)(C)CCCC2(C)C1C=CC1=CCOC1=O. The Hall–Kier alpha value is -1.31. The third-order valence-corrected chi connectivity index (χ3v) is 6.40. The van der Waals surface area contributed by atoms with Gasteiger partial charge in [0, 0.05) is 5.92 Å². The van der Waals surface area contributed by atoms with Gasteiger partial charge in [-0.2, -0.15) is 0 Å². The Kier molecular flexibility index (Phi) is 3.82. The third-order valence-electron chi connectivity index (χ3n) is 6.40. The van der Waals surface area contributed by atoms with Gasteiger partial charge >= 0.3 is 5.97 Å². The molecule has 0 aromatic heterocycles. The molecular weight excluding hydrogens is 272 g/mol. The molecular formula is C20H28O2. The van der Waals surface area contributed by atoms with Crippen LogP contribution >= 0.6 is 0 Å². The molecule has 0 aromatic rings. The first kappa shape index (κ1) is 15.6. The van der Waals surface area contributed by atoms with Crippen LogP contribution in [-0.4, -0.2) is 12.6 Å². The molecule has 1 heterocycles. The molecule has 22 heavy (non-hydrogen) atoms. The maximum Gasteiger partial charge on any atom is 0.338 e. The average Bonchev–Trinajstić information content (AvgIpc) is 2.82. The molecule has 0 radical (unpaired) electrons. The monoisotopic (exact) mass is 300 g/mol. The van der Waals surface area contributed by atoms with Crippen molar-refractivity contribution in [3.8, 4) is 0 Å². The minimum atomic E-state index is -0.191. The molecule has 2 aliphatic carbocycles. The van der Waals surface area contributed by atoms with Gasteiger partial charge < -0.3 is 4.74 Å². The van der Waals surface area contributed by atoms with E-state index in [0.717, 1.165) is 12.3 Å². The molecule has 2 fully saturated rings. The van der Waals surface area contributed by atoms with Gasteiger partial charge in [-0.3, -0.25) is 0 Å². The molecule has 2 nitrogen and oxygen atoms in total. The van der Waals surface area contributed by atoms with E-state index in [-0.39, 0.29) is 11.4 Å². The summed E-state index contributed by atoms with van der Waals surface area (Å²) in [4.78, 5) is 11.6. The second-order valence-corrected chi connectivity index (χ2v) is 8.19. The molecule has 120 valence electrons. The molecule has 3 aliphatic rings. The lowest BCUT2D eigenvalue weighted by Crippen LogP contribution is -2.48. The molecule has 0 N–H and O–H groups in total. The molecule has 3 atom stereocenters. The van der Waals surface area contributed by atoms with Crippen LogP contribution in [0.5, 0.6) is 0 Å². The van der Waals surface area contributed by atoms with Crippen LogP contribution in [0.1, 0.15) is 52.9 Å². The van der Waals surface area contributed by atoms with Crippen LogP contribution in [-0.2, 0) is 9.53 Å². The van der Waals surface area contributed by atoms with Crippen molar-refractivity contribution in [1.29, 1.82) is 0 Å². The summed E-state index contributed by atoms with van der Waals surface area (Å²) in [5, 5.41) is 0. The van der Waals surface area contributed by atoms with Gasteiger partial charge in [0.15, 0.2) is 0 Å². The maximum absolute atomic E-state index is 11.6. The Morgan fingerprint density at radius 2 is 2.09 bits per heavy atom. The van der Waals surface area contributed by atoms with Gasteiger partial charge in [0.1, 0.15) is 6.61 Å². The number of carbonyl (C=O) groups is 1. The summed E-state index contributed by atoms with van der Waals surface area (Å²) in [6.07, 6.45) is 12.3. The Labute approximate surface area is 134 Å². The number of hydrogen-bond donors (Lipinski definition) is 0. The Bertz CT molecular complexity index is 552. The van der Waals surface area contributed by atoms with Crippen molar-refractivity contribution in [3.63, 3.8) is 0 Å². The zero-order chi connectivity index (χ0) is 16.0. The molecule has 0 saturated heterocycles. The summed E-state index contributed by atoms with van der Waals surface area (Å²) < 4.78 is 4.99. The van der Waals surface area contributed by atoms with Gasteiger partial charge in [0.2, 0.25) is 0 Å². The minimum Gasteiger partial charge on any atom is -0.458 e. The quantitative estimate of drug-likeness (QED) is 0.539. The summed E-state index contributed by atoms with van der Waals surface area (Å²) in [6, 6.07) is 0. The highest BCUT2D eigenvalue weighted by Crippen LogP contribution is 2.61. The van der Waals surface area contributed by atoms with Crippen LogP contribution in [0.2, 0.25) is 0 Å². The lowest BCUT2D eigenvalue weighted by atomic mass is 9.47. The molecule has 2 heteroatoms. The van der Waals surface area contributed by atoms with E-state index in [9.17, 15) is 4.79 Å². The van der Waals surface area contributed by atoms with Crippen LogP contribution in [0.15, 0.2) is 36.0 Å². The van der Waals surface area contributed by atoms with Crippen molar-refractivity contribution < 1.29 is 9.53 Å². The van der Waals surface area contributed by atoms with Crippen molar-refractivity contribution in [3.05, 3.63) is 36.0 Å². The predicted octanol–water partition coefficient (Wildman–Crippen LogP) is 4.82. The summed E-state index contributed by atoms with van der Waals surface area (Å²) in [5.74, 6) is 0.918. The van der Waals surface area contributed by atoms with Crippen molar-refractivity contribution in [1.82, 2.24) is 0 Å². The number of hydrogen-bond acceptors (Lipinski definition) is 2. The third kappa shape index (κ3) is 2.47. The van der Waals surface area contributed by atoms with Crippen LogP contribution in [0.25, 0.3) is 0 Å². The molecule has 0 amide bonds. The first-order valence-electron chi connectivity index (χ1n) is 8.58. The van der Waals surface area contributed by atoms with Gasteiger partial charge in [0.25, 0.3) is 0 Å². The second kappa shape index (κ2) is 5.40. The summed E-state index contributed by atoms with van der Waals surface area (Å²) in [7, 11) is 0. The van der Waals surface area contributed by atoms with Crippen molar-refractivity contribution in [2.75, 3.05) is 6.61 Å². The number of fused-ring (bicyclic) bond motifs is 1. The normalized spacial score (nSPS) is 37.9. The Morgan fingerprint density at radius 1 is 1.32 bits per heavy atom. The number of ether oxygens (including phenoxy) is 1. The second-order valence-electron chi connectivity index (χ2n) is 8.19. The number of allylic oxidation sites excluding steroid dienone is 2. The first-order valence-corrected chi connectivity index (χ1v) is 8.58. The average molecular weight is 300 g/mol. The molecule has 1 aliphatic heterocycles. The standard InChI is InChI=1S/C20H28O2/c1-14-6-9-17-19(2,3)11-5-12-20(17,4)16(14)8-7-15-10-13-22-18(15)21/h7-8,10,16-17H,1,5-6,9,11-13H2,2-4H3. The van der Waals surface area contributed by atoms with E-state index in [1.807, 2.05) is 12.2 Å². The van der Waals surface area contributed by atoms with Crippen LogP contribution < -0.4 is 0 Å². The zero-order valence-corrected chi connectivity index (χ0v) is 14.2. The minimum absolute atomic E-state index is 0.191. The first-order chi connectivity index (χ1) is 10.3. The highest BCUT2D eigenvalue weighted by molar-refractivity contribution is 5.93. The van der Waals surface area contributed by atoms with Gasteiger partial charge in [0.05, 0.1) is 5.57 Å². The number of rotatable bonds is 2. The smallest absolute Gasteiger partial charge is 0.338 e. The van der Waals surface area contributed by atoms with Crippen LogP contribution in [0.4, 0.5) is 0 Å². The number of esters is 1. The summed E-state index contributed by atoms with van der Waals surface area (Å²) >= 11 is 0. The molecule has 3 rings (SSSR count). The van der Waals surface area contributed by atoms with Crippen LogP contribution in [0, 0.1) is 22.7 Å². The lowest BCUT2D eigenvalue weighted by Gasteiger charge is -2.57. The van der Waals surface area contributed by atoms with Crippen LogP contribution in [0.3, 0.4) is 0 Å². The topological polar surface area (TPSA) is 26.3 Å². The van der Waals surface area contributed by atoms with Gasteiger partial charge in [-0.1, -0.05) is 51.5 Å². The van der Waals surface area contributed by atoms with E-state index in [4.69, 9.17) is 4.74 Å².